The molecule has 3 rings (SSSR count). The summed E-state index contributed by atoms with van der Waals surface area (Å²) in [6.07, 6.45) is 2.90. The maximum absolute atomic E-state index is 4.18. The Hall–Kier alpha value is -1.33. The van der Waals surface area contributed by atoms with Gasteiger partial charge in [0.05, 0.1) is 6.04 Å². The number of thioether (sulfide) groups is 1. The van der Waals surface area contributed by atoms with Crippen LogP contribution in [-0.2, 0) is 7.05 Å². The van der Waals surface area contributed by atoms with Gasteiger partial charge in [-0.3, -0.25) is 0 Å². The molecular weight excluding hydrogens is 256 g/mol. The molecule has 0 saturated heterocycles. The number of rotatable bonds is 3. The van der Waals surface area contributed by atoms with Gasteiger partial charge < -0.3 is 9.88 Å². The summed E-state index contributed by atoms with van der Waals surface area (Å²) >= 11 is 1.95. The van der Waals surface area contributed by atoms with Crippen LogP contribution in [0.2, 0.25) is 0 Å². The maximum atomic E-state index is 4.18. The molecule has 2 unspecified atom stereocenters. The van der Waals surface area contributed by atoms with E-state index in [1.165, 1.54) is 16.2 Å². The van der Waals surface area contributed by atoms with Crippen LogP contribution in [0.4, 0.5) is 0 Å². The number of aromatic nitrogens is 3. The third-order valence-electron chi connectivity index (χ3n) is 3.54. The summed E-state index contributed by atoms with van der Waals surface area (Å²) in [5.74, 6) is 2.15. The standard InChI is InChI=1S/C14H18N4S/c1-10(14-17-15-9-18(14)2)16-12-7-8-19-13-6-4-3-5-11(12)13/h3-6,9-10,12,16H,7-8H2,1-2H3. The van der Waals surface area contributed by atoms with Crippen molar-refractivity contribution in [1.82, 2.24) is 20.1 Å². The summed E-state index contributed by atoms with van der Waals surface area (Å²) in [5.41, 5.74) is 1.41. The number of hydrogen-bond acceptors (Lipinski definition) is 4. The van der Waals surface area contributed by atoms with Crippen molar-refractivity contribution in [3.05, 3.63) is 42.0 Å². The Labute approximate surface area is 117 Å². The van der Waals surface area contributed by atoms with Gasteiger partial charge in [-0.25, -0.2) is 0 Å². The van der Waals surface area contributed by atoms with E-state index in [1.54, 1.807) is 6.33 Å². The van der Waals surface area contributed by atoms with Gasteiger partial charge in [0.15, 0.2) is 0 Å². The molecule has 100 valence electrons. The van der Waals surface area contributed by atoms with Crippen LogP contribution in [0.25, 0.3) is 0 Å². The van der Waals surface area contributed by atoms with Crippen molar-refractivity contribution in [1.29, 1.82) is 0 Å². The van der Waals surface area contributed by atoms with Gasteiger partial charge in [0.25, 0.3) is 0 Å². The molecule has 2 aromatic rings. The van der Waals surface area contributed by atoms with E-state index in [2.05, 4.69) is 46.7 Å². The smallest absolute Gasteiger partial charge is 0.149 e. The van der Waals surface area contributed by atoms with E-state index in [9.17, 15) is 0 Å². The van der Waals surface area contributed by atoms with E-state index in [1.807, 2.05) is 23.4 Å². The van der Waals surface area contributed by atoms with Gasteiger partial charge in [0.1, 0.15) is 12.2 Å². The Morgan fingerprint density at radius 1 is 1.42 bits per heavy atom. The lowest BCUT2D eigenvalue weighted by Crippen LogP contribution is -2.28. The predicted molar refractivity (Wildman–Crippen MR) is 77.1 cm³/mol. The molecule has 19 heavy (non-hydrogen) atoms. The Morgan fingerprint density at radius 2 is 2.26 bits per heavy atom. The van der Waals surface area contributed by atoms with Gasteiger partial charge in [0, 0.05) is 18.0 Å². The molecule has 1 aliphatic heterocycles. The summed E-state index contributed by atoms with van der Waals surface area (Å²) in [4.78, 5) is 1.40. The highest BCUT2D eigenvalue weighted by molar-refractivity contribution is 7.99. The predicted octanol–water partition coefficient (Wildman–Crippen LogP) is 2.70. The van der Waals surface area contributed by atoms with Crippen molar-refractivity contribution in [2.24, 2.45) is 7.05 Å². The van der Waals surface area contributed by atoms with Crippen molar-refractivity contribution < 1.29 is 0 Å². The van der Waals surface area contributed by atoms with Crippen molar-refractivity contribution in [3.63, 3.8) is 0 Å². The average Bonchev–Trinajstić information content (AvgIpc) is 2.85. The van der Waals surface area contributed by atoms with Gasteiger partial charge in [-0.05, 0) is 30.7 Å². The molecule has 2 heterocycles. The number of benzene rings is 1. The molecule has 1 N–H and O–H groups in total. The maximum Gasteiger partial charge on any atom is 0.149 e. The molecule has 5 heteroatoms. The van der Waals surface area contributed by atoms with E-state index in [4.69, 9.17) is 0 Å². The molecule has 1 aromatic carbocycles. The highest BCUT2D eigenvalue weighted by Crippen LogP contribution is 2.36. The second-order valence-electron chi connectivity index (χ2n) is 4.92. The molecule has 0 aliphatic carbocycles. The molecule has 1 aliphatic rings. The van der Waals surface area contributed by atoms with Crippen molar-refractivity contribution in [2.45, 2.75) is 30.3 Å². The first-order valence-electron chi connectivity index (χ1n) is 6.57. The molecular formula is C14H18N4S. The van der Waals surface area contributed by atoms with E-state index < -0.39 is 0 Å². The summed E-state index contributed by atoms with van der Waals surface area (Å²) in [6, 6.07) is 9.27. The molecule has 0 saturated carbocycles. The largest absolute Gasteiger partial charge is 0.319 e. The average molecular weight is 274 g/mol. The van der Waals surface area contributed by atoms with Crippen LogP contribution in [0.15, 0.2) is 35.5 Å². The molecule has 1 aromatic heterocycles. The highest BCUT2D eigenvalue weighted by Gasteiger charge is 2.23. The third-order valence-corrected chi connectivity index (χ3v) is 4.67. The Balaban J connectivity index is 1.80. The number of hydrogen-bond donors (Lipinski definition) is 1. The first kappa shape index (κ1) is 12.7. The first-order chi connectivity index (χ1) is 9.25. The van der Waals surface area contributed by atoms with Gasteiger partial charge in [0.2, 0.25) is 0 Å². The van der Waals surface area contributed by atoms with E-state index in [0.717, 1.165) is 12.2 Å². The topological polar surface area (TPSA) is 42.7 Å². The van der Waals surface area contributed by atoms with Gasteiger partial charge in [-0.1, -0.05) is 18.2 Å². The lowest BCUT2D eigenvalue weighted by molar-refractivity contribution is 0.429. The summed E-state index contributed by atoms with van der Waals surface area (Å²) in [7, 11) is 1.98. The Kier molecular flexibility index (Phi) is 3.57. The minimum absolute atomic E-state index is 0.202. The van der Waals surface area contributed by atoms with E-state index in [-0.39, 0.29) is 6.04 Å². The SMILES string of the molecule is CC(NC1CCSc2ccccc21)c1nncn1C. The van der Waals surface area contributed by atoms with E-state index in [0.29, 0.717) is 6.04 Å². The lowest BCUT2D eigenvalue weighted by Gasteiger charge is -2.28. The molecule has 0 bridgehead atoms. The van der Waals surface area contributed by atoms with Crippen molar-refractivity contribution in [3.8, 4) is 0 Å². The number of aryl methyl sites for hydroxylation is 1. The van der Waals surface area contributed by atoms with Crippen LogP contribution in [0.5, 0.6) is 0 Å². The first-order valence-corrected chi connectivity index (χ1v) is 7.56. The minimum atomic E-state index is 0.202. The number of nitrogens with zero attached hydrogens (tertiary/aromatic N) is 3. The molecule has 0 spiro atoms. The van der Waals surface area contributed by atoms with Crippen LogP contribution < -0.4 is 5.32 Å². The fourth-order valence-electron chi connectivity index (χ4n) is 2.58. The number of nitrogens with one attached hydrogen (secondary N) is 1. The number of fused-ring (bicyclic) bond motifs is 1. The monoisotopic (exact) mass is 274 g/mol. The summed E-state index contributed by atoms with van der Waals surface area (Å²) in [6.45, 7) is 2.15. The van der Waals surface area contributed by atoms with Crippen LogP contribution in [0, 0.1) is 0 Å². The quantitative estimate of drug-likeness (QED) is 0.934. The molecule has 0 fully saturated rings. The van der Waals surface area contributed by atoms with Gasteiger partial charge in [-0.2, -0.15) is 0 Å². The molecule has 4 nitrogen and oxygen atoms in total. The minimum Gasteiger partial charge on any atom is -0.319 e. The molecule has 2 atom stereocenters. The van der Waals surface area contributed by atoms with Crippen LogP contribution in [0.3, 0.4) is 0 Å². The third kappa shape index (κ3) is 2.53. The van der Waals surface area contributed by atoms with Gasteiger partial charge >= 0.3 is 0 Å². The van der Waals surface area contributed by atoms with Crippen LogP contribution in [-0.4, -0.2) is 20.5 Å². The fourth-order valence-corrected chi connectivity index (χ4v) is 3.70. The van der Waals surface area contributed by atoms with Crippen LogP contribution >= 0.6 is 11.8 Å². The van der Waals surface area contributed by atoms with Crippen molar-refractivity contribution >= 4 is 11.8 Å². The van der Waals surface area contributed by atoms with E-state index >= 15 is 0 Å². The molecule has 0 radical (unpaired) electrons. The lowest BCUT2D eigenvalue weighted by atomic mass is 10.0. The van der Waals surface area contributed by atoms with Gasteiger partial charge in [-0.15, -0.1) is 22.0 Å². The zero-order valence-corrected chi connectivity index (χ0v) is 12.0. The fraction of sp³-hybridized carbons (Fsp3) is 0.429. The summed E-state index contributed by atoms with van der Waals surface area (Å²) in [5, 5.41) is 11.8. The Morgan fingerprint density at radius 3 is 3.05 bits per heavy atom. The second-order valence-corrected chi connectivity index (χ2v) is 6.05. The van der Waals surface area contributed by atoms with Crippen molar-refractivity contribution in [2.75, 3.05) is 5.75 Å². The normalized spacial score (nSPS) is 20.0. The highest BCUT2D eigenvalue weighted by atomic mass is 32.2. The zero-order chi connectivity index (χ0) is 13.2. The molecule has 0 amide bonds. The second kappa shape index (κ2) is 5.35. The summed E-state index contributed by atoms with van der Waals surface area (Å²) < 4.78 is 1.97. The zero-order valence-electron chi connectivity index (χ0n) is 11.2. The van der Waals surface area contributed by atoms with Crippen LogP contribution in [0.1, 0.15) is 36.8 Å². The Bertz CT molecular complexity index is 566.